The first-order valence-corrected chi connectivity index (χ1v) is 7.71. The molecule has 0 radical (unpaired) electrons. The molecule has 0 fully saturated rings. The highest BCUT2D eigenvalue weighted by atomic mass is 79.9. The first kappa shape index (κ1) is 13.9. The van der Waals surface area contributed by atoms with Crippen molar-refractivity contribution in [1.29, 1.82) is 0 Å². The van der Waals surface area contributed by atoms with Crippen molar-refractivity contribution in [2.24, 2.45) is 5.92 Å². The van der Waals surface area contributed by atoms with Crippen LogP contribution in [0.5, 0.6) is 5.75 Å². The summed E-state index contributed by atoms with van der Waals surface area (Å²) >= 11 is 7.05. The molecule has 0 heterocycles. The summed E-state index contributed by atoms with van der Waals surface area (Å²) in [7, 11) is 1.68. The van der Waals surface area contributed by atoms with Crippen LogP contribution in [0.4, 0.5) is 5.69 Å². The molecule has 4 heteroatoms. The van der Waals surface area contributed by atoms with Crippen molar-refractivity contribution in [2.45, 2.75) is 19.3 Å². The Kier molecular flexibility index (Phi) is 5.13. The normalized spacial score (nSPS) is 18.7. The maximum Gasteiger partial charge on any atom is 0.135 e. The van der Waals surface area contributed by atoms with E-state index in [0.717, 1.165) is 32.8 Å². The number of benzene rings is 1. The summed E-state index contributed by atoms with van der Waals surface area (Å²) in [5.74, 6) is 1.58. The van der Waals surface area contributed by atoms with E-state index in [4.69, 9.17) is 4.74 Å². The highest BCUT2D eigenvalue weighted by Gasteiger charge is 2.11. The zero-order valence-electron chi connectivity index (χ0n) is 10.4. The lowest BCUT2D eigenvalue weighted by Gasteiger charge is -2.20. The van der Waals surface area contributed by atoms with E-state index in [1.165, 1.54) is 19.3 Å². The van der Waals surface area contributed by atoms with E-state index in [-0.39, 0.29) is 0 Å². The van der Waals surface area contributed by atoms with Gasteiger partial charge in [-0.2, -0.15) is 0 Å². The molecule has 0 aromatic heterocycles. The number of allylic oxidation sites excluding steroid dienone is 2. The van der Waals surface area contributed by atoms with E-state index in [1.807, 2.05) is 12.1 Å². The van der Waals surface area contributed by atoms with Crippen molar-refractivity contribution in [1.82, 2.24) is 0 Å². The fourth-order valence-corrected chi connectivity index (χ4v) is 3.41. The zero-order chi connectivity index (χ0) is 13.0. The van der Waals surface area contributed by atoms with Gasteiger partial charge in [-0.15, -0.1) is 0 Å². The van der Waals surface area contributed by atoms with Gasteiger partial charge in [0.15, 0.2) is 0 Å². The summed E-state index contributed by atoms with van der Waals surface area (Å²) in [5, 5.41) is 3.50. The van der Waals surface area contributed by atoms with E-state index in [9.17, 15) is 0 Å². The molecule has 2 rings (SSSR count). The quantitative estimate of drug-likeness (QED) is 0.749. The lowest BCUT2D eigenvalue weighted by atomic mass is 9.94. The molecular weight excluding hydrogens is 358 g/mol. The van der Waals surface area contributed by atoms with Crippen molar-refractivity contribution in [2.75, 3.05) is 19.0 Å². The summed E-state index contributed by atoms with van der Waals surface area (Å²) < 4.78 is 7.33. The third-order valence-electron chi connectivity index (χ3n) is 3.20. The molecule has 0 saturated heterocycles. The lowest BCUT2D eigenvalue weighted by Crippen LogP contribution is -2.15. The second-order valence-electron chi connectivity index (χ2n) is 4.50. The fraction of sp³-hybridized carbons (Fsp3) is 0.429. The minimum atomic E-state index is 0.733. The number of methoxy groups -OCH3 is 1. The van der Waals surface area contributed by atoms with Crippen LogP contribution < -0.4 is 10.1 Å². The van der Waals surface area contributed by atoms with Crippen molar-refractivity contribution in [3.63, 3.8) is 0 Å². The van der Waals surface area contributed by atoms with Crippen LogP contribution in [0.2, 0.25) is 0 Å². The average Bonchev–Trinajstić information content (AvgIpc) is 2.39. The van der Waals surface area contributed by atoms with Gasteiger partial charge in [-0.1, -0.05) is 12.2 Å². The Labute approximate surface area is 125 Å². The molecule has 98 valence electrons. The van der Waals surface area contributed by atoms with Gasteiger partial charge < -0.3 is 10.1 Å². The van der Waals surface area contributed by atoms with Crippen LogP contribution in [0, 0.1) is 5.92 Å². The molecule has 0 bridgehead atoms. The summed E-state index contributed by atoms with van der Waals surface area (Å²) in [6.45, 7) is 1.01. The molecule has 0 spiro atoms. The van der Waals surface area contributed by atoms with Gasteiger partial charge in [0.05, 0.1) is 17.3 Å². The molecule has 18 heavy (non-hydrogen) atoms. The van der Waals surface area contributed by atoms with Gasteiger partial charge in [-0.05, 0) is 63.1 Å². The van der Waals surface area contributed by atoms with E-state index in [1.54, 1.807) is 7.11 Å². The molecule has 1 aliphatic rings. The van der Waals surface area contributed by atoms with E-state index in [2.05, 4.69) is 49.3 Å². The minimum absolute atomic E-state index is 0.733. The molecule has 1 unspecified atom stereocenters. The summed E-state index contributed by atoms with van der Waals surface area (Å²) in [6, 6.07) is 4.04. The maximum atomic E-state index is 5.31. The predicted octanol–water partition coefficient (Wildman–Crippen LogP) is 4.99. The smallest absolute Gasteiger partial charge is 0.135 e. The van der Waals surface area contributed by atoms with Crippen LogP contribution in [-0.2, 0) is 0 Å². The van der Waals surface area contributed by atoms with Crippen LogP contribution >= 0.6 is 31.9 Å². The first-order valence-electron chi connectivity index (χ1n) is 6.12. The van der Waals surface area contributed by atoms with Crippen LogP contribution in [-0.4, -0.2) is 13.7 Å². The number of hydrogen-bond donors (Lipinski definition) is 1. The molecule has 1 aromatic carbocycles. The molecule has 0 aliphatic heterocycles. The van der Waals surface area contributed by atoms with E-state index >= 15 is 0 Å². The number of halogens is 2. The van der Waals surface area contributed by atoms with Gasteiger partial charge in [-0.3, -0.25) is 0 Å². The van der Waals surface area contributed by atoms with Crippen LogP contribution in [0.1, 0.15) is 19.3 Å². The van der Waals surface area contributed by atoms with Gasteiger partial charge >= 0.3 is 0 Å². The number of nitrogens with one attached hydrogen (secondary N) is 1. The highest BCUT2D eigenvalue weighted by Crippen LogP contribution is 2.34. The third kappa shape index (κ3) is 3.51. The molecule has 0 amide bonds. The predicted molar refractivity (Wildman–Crippen MR) is 83.4 cm³/mol. The van der Waals surface area contributed by atoms with Crippen LogP contribution in [0.15, 0.2) is 33.2 Å². The average molecular weight is 375 g/mol. The molecular formula is C14H17Br2NO. The Morgan fingerprint density at radius 1 is 1.28 bits per heavy atom. The Balaban J connectivity index is 2.02. The highest BCUT2D eigenvalue weighted by molar-refractivity contribution is 9.11. The molecule has 1 aromatic rings. The standard InChI is InChI=1S/C14H17Br2NO/c1-18-14-8-13(11(15)7-12(14)16)17-9-10-5-3-2-4-6-10/h2-3,7-8,10,17H,4-6,9H2,1H3. The molecule has 1 atom stereocenters. The topological polar surface area (TPSA) is 21.3 Å². The number of rotatable bonds is 4. The van der Waals surface area contributed by atoms with Gasteiger partial charge in [0, 0.05) is 17.1 Å². The van der Waals surface area contributed by atoms with Crippen molar-refractivity contribution >= 4 is 37.5 Å². The largest absolute Gasteiger partial charge is 0.495 e. The second-order valence-corrected chi connectivity index (χ2v) is 6.21. The third-order valence-corrected chi connectivity index (χ3v) is 4.48. The Morgan fingerprint density at radius 2 is 2.11 bits per heavy atom. The molecule has 0 saturated carbocycles. The van der Waals surface area contributed by atoms with E-state index in [0.29, 0.717) is 0 Å². The lowest BCUT2D eigenvalue weighted by molar-refractivity contribution is 0.412. The summed E-state index contributed by atoms with van der Waals surface area (Å²) in [4.78, 5) is 0. The van der Waals surface area contributed by atoms with Gasteiger partial charge in [0.1, 0.15) is 5.75 Å². The van der Waals surface area contributed by atoms with Gasteiger partial charge in [-0.25, -0.2) is 0 Å². The second kappa shape index (κ2) is 6.62. The summed E-state index contributed by atoms with van der Waals surface area (Å²) in [5.41, 5.74) is 1.09. The molecule has 2 nitrogen and oxygen atoms in total. The fourth-order valence-electron chi connectivity index (χ4n) is 2.12. The van der Waals surface area contributed by atoms with Crippen molar-refractivity contribution < 1.29 is 4.74 Å². The van der Waals surface area contributed by atoms with Crippen molar-refractivity contribution in [3.05, 3.63) is 33.2 Å². The SMILES string of the molecule is COc1cc(NCC2CC=CCC2)c(Br)cc1Br. The summed E-state index contributed by atoms with van der Waals surface area (Å²) in [6.07, 6.45) is 8.21. The zero-order valence-corrected chi connectivity index (χ0v) is 13.6. The van der Waals surface area contributed by atoms with Gasteiger partial charge in [0.2, 0.25) is 0 Å². The minimum Gasteiger partial charge on any atom is -0.495 e. The van der Waals surface area contributed by atoms with Gasteiger partial charge in [0.25, 0.3) is 0 Å². The molecule has 1 N–H and O–H groups in total. The Bertz CT molecular complexity index is 446. The Morgan fingerprint density at radius 3 is 2.78 bits per heavy atom. The van der Waals surface area contributed by atoms with Crippen molar-refractivity contribution in [3.8, 4) is 5.75 Å². The van der Waals surface area contributed by atoms with E-state index < -0.39 is 0 Å². The van der Waals surface area contributed by atoms with Crippen LogP contribution in [0.3, 0.4) is 0 Å². The number of hydrogen-bond acceptors (Lipinski definition) is 2. The van der Waals surface area contributed by atoms with Crippen LogP contribution in [0.25, 0.3) is 0 Å². The number of ether oxygens (including phenoxy) is 1. The maximum absolute atomic E-state index is 5.31. The number of anilines is 1. The molecule has 1 aliphatic carbocycles. The Hall–Kier alpha value is -0.480. The first-order chi connectivity index (χ1) is 8.70. The monoisotopic (exact) mass is 373 g/mol.